The lowest BCUT2D eigenvalue weighted by Crippen LogP contribution is -1.87. The fourth-order valence-electron chi connectivity index (χ4n) is 1.42. The van der Waals surface area contributed by atoms with Gasteiger partial charge >= 0.3 is 0 Å². The third kappa shape index (κ3) is 1.70. The normalized spacial score (nSPS) is 10.8. The highest BCUT2D eigenvalue weighted by molar-refractivity contribution is 6.32. The minimum absolute atomic E-state index is 0.585. The quantitative estimate of drug-likeness (QED) is 0.667. The maximum atomic E-state index is 6.00. The molecule has 1 nitrogen and oxygen atoms in total. The maximum absolute atomic E-state index is 6.00. The van der Waals surface area contributed by atoms with E-state index in [1.54, 1.807) is 0 Å². The van der Waals surface area contributed by atoms with Gasteiger partial charge in [0.15, 0.2) is 0 Å². The Labute approximate surface area is 92.7 Å². The highest BCUT2D eigenvalue weighted by atomic mass is 35.5. The fourth-order valence-corrected chi connectivity index (χ4v) is 1.88. The van der Waals surface area contributed by atoms with Crippen molar-refractivity contribution in [2.45, 2.75) is 13.3 Å². The van der Waals surface area contributed by atoms with Crippen LogP contribution in [0.1, 0.15) is 12.5 Å². The number of hydrogen-bond donors (Lipinski definition) is 0. The first-order chi connectivity index (χ1) is 6.70. The molecule has 0 amide bonds. The van der Waals surface area contributed by atoms with Crippen LogP contribution in [0, 0.1) is 0 Å². The minimum Gasteiger partial charge on any atom is -0.236 e. The van der Waals surface area contributed by atoms with Gasteiger partial charge in [0.05, 0.1) is 5.52 Å². The first-order valence-corrected chi connectivity index (χ1v) is 5.21. The molecular formula is C11H9Cl2N. The molecule has 0 bridgehead atoms. The minimum atomic E-state index is 0.585. The second kappa shape index (κ2) is 3.76. The van der Waals surface area contributed by atoms with Crippen LogP contribution in [0.5, 0.6) is 0 Å². The van der Waals surface area contributed by atoms with Gasteiger partial charge < -0.3 is 0 Å². The standard InChI is InChI=1S/C11H9Cl2N/c1-2-7-5-8-6-9(12)3-4-10(8)14-11(7)13/h3-6H,2H2,1H3. The molecule has 1 aromatic carbocycles. The molecule has 0 aliphatic rings. The van der Waals surface area contributed by atoms with Gasteiger partial charge in [-0.15, -0.1) is 0 Å². The van der Waals surface area contributed by atoms with Gasteiger partial charge in [0, 0.05) is 10.4 Å². The molecule has 0 saturated carbocycles. The highest BCUT2D eigenvalue weighted by Crippen LogP contribution is 2.23. The number of aryl methyl sites for hydroxylation is 1. The fraction of sp³-hybridized carbons (Fsp3) is 0.182. The molecule has 14 heavy (non-hydrogen) atoms. The van der Waals surface area contributed by atoms with E-state index in [1.807, 2.05) is 24.3 Å². The van der Waals surface area contributed by atoms with Gasteiger partial charge in [-0.2, -0.15) is 0 Å². The van der Waals surface area contributed by atoms with E-state index >= 15 is 0 Å². The number of halogens is 2. The summed E-state index contributed by atoms with van der Waals surface area (Å²) in [6.07, 6.45) is 0.883. The second-order valence-electron chi connectivity index (χ2n) is 3.13. The third-order valence-electron chi connectivity index (χ3n) is 2.18. The van der Waals surface area contributed by atoms with E-state index in [2.05, 4.69) is 11.9 Å². The molecule has 2 aromatic rings. The molecule has 72 valence electrons. The molecule has 0 spiro atoms. The Bertz CT molecular complexity index is 480. The molecule has 1 aromatic heterocycles. The van der Waals surface area contributed by atoms with Crippen molar-refractivity contribution in [3.05, 3.63) is 40.0 Å². The SMILES string of the molecule is CCc1cc2cc(Cl)ccc2nc1Cl. The van der Waals surface area contributed by atoms with Crippen LogP contribution in [0.3, 0.4) is 0 Å². The molecule has 0 atom stereocenters. The Morgan fingerprint density at radius 2 is 2.00 bits per heavy atom. The van der Waals surface area contributed by atoms with E-state index in [1.165, 1.54) is 0 Å². The largest absolute Gasteiger partial charge is 0.236 e. The van der Waals surface area contributed by atoms with Gasteiger partial charge in [-0.3, -0.25) is 0 Å². The van der Waals surface area contributed by atoms with Gasteiger partial charge in [-0.1, -0.05) is 30.1 Å². The van der Waals surface area contributed by atoms with Crippen molar-refractivity contribution in [3.63, 3.8) is 0 Å². The Hall–Kier alpha value is -0.790. The van der Waals surface area contributed by atoms with Crippen molar-refractivity contribution in [1.29, 1.82) is 0 Å². The predicted octanol–water partition coefficient (Wildman–Crippen LogP) is 4.10. The molecule has 2 rings (SSSR count). The number of benzene rings is 1. The number of nitrogens with zero attached hydrogens (tertiary/aromatic N) is 1. The Morgan fingerprint density at radius 1 is 1.21 bits per heavy atom. The lowest BCUT2D eigenvalue weighted by atomic mass is 10.1. The van der Waals surface area contributed by atoms with Crippen molar-refractivity contribution < 1.29 is 0 Å². The first-order valence-electron chi connectivity index (χ1n) is 4.45. The summed E-state index contributed by atoms with van der Waals surface area (Å²) < 4.78 is 0. The molecule has 1 heterocycles. The molecule has 0 aliphatic heterocycles. The Morgan fingerprint density at radius 3 is 2.71 bits per heavy atom. The van der Waals surface area contributed by atoms with Gasteiger partial charge in [0.25, 0.3) is 0 Å². The van der Waals surface area contributed by atoms with Gasteiger partial charge in [0.2, 0.25) is 0 Å². The van der Waals surface area contributed by atoms with E-state index in [0.29, 0.717) is 5.15 Å². The van der Waals surface area contributed by atoms with Gasteiger partial charge in [-0.05, 0) is 36.2 Å². The zero-order valence-corrected chi connectivity index (χ0v) is 9.23. The van der Waals surface area contributed by atoms with Crippen LogP contribution in [0.4, 0.5) is 0 Å². The lowest BCUT2D eigenvalue weighted by Gasteiger charge is -2.03. The monoisotopic (exact) mass is 225 g/mol. The number of fused-ring (bicyclic) bond motifs is 1. The van der Waals surface area contributed by atoms with E-state index < -0.39 is 0 Å². The summed E-state index contributed by atoms with van der Waals surface area (Å²) in [5.74, 6) is 0. The Balaban J connectivity index is 2.73. The van der Waals surface area contributed by atoms with E-state index in [9.17, 15) is 0 Å². The van der Waals surface area contributed by atoms with Crippen LogP contribution in [0.2, 0.25) is 10.2 Å². The highest BCUT2D eigenvalue weighted by Gasteiger charge is 2.03. The van der Waals surface area contributed by atoms with E-state index in [4.69, 9.17) is 23.2 Å². The average Bonchev–Trinajstić information content (AvgIpc) is 2.17. The lowest BCUT2D eigenvalue weighted by molar-refractivity contribution is 1.12. The van der Waals surface area contributed by atoms with E-state index in [-0.39, 0.29) is 0 Å². The topological polar surface area (TPSA) is 12.9 Å². The molecule has 0 unspecified atom stereocenters. The van der Waals surface area contributed by atoms with Crippen molar-refractivity contribution in [1.82, 2.24) is 4.98 Å². The number of aromatic nitrogens is 1. The molecule has 0 aliphatic carbocycles. The zero-order chi connectivity index (χ0) is 10.1. The summed E-state index contributed by atoms with van der Waals surface area (Å²) in [6.45, 7) is 2.05. The van der Waals surface area contributed by atoms with Crippen LogP contribution < -0.4 is 0 Å². The summed E-state index contributed by atoms with van der Waals surface area (Å²) in [5.41, 5.74) is 1.94. The number of pyridine rings is 1. The third-order valence-corrected chi connectivity index (χ3v) is 2.75. The molecular weight excluding hydrogens is 217 g/mol. The average molecular weight is 226 g/mol. The maximum Gasteiger partial charge on any atom is 0.132 e. The van der Waals surface area contributed by atoms with Crippen LogP contribution in [-0.2, 0) is 6.42 Å². The second-order valence-corrected chi connectivity index (χ2v) is 3.92. The molecule has 3 heteroatoms. The summed E-state index contributed by atoms with van der Waals surface area (Å²) in [6, 6.07) is 7.64. The van der Waals surface area contributed by atoms with Crippen LogP contribution in [0.15, 0.2) is 24.3 Å². The molecule has 0 saturated heterocycles. The number of hydrogen-bond acceptors (Lipinski definition) is 1. The summed E-state index contributed by atoms with van der Waals surface area (Å²) in [7, 11) is 0. The number of rotatable bonds is 1. The summed E-state index contributed by atoms with van der Waals surface area (Å²) in [4.78, 5) is 4.29. The van der Waals surface area contributed by atoms with Crippen LogP contribution >= 0.6 is 23.2 Å². The summed E-state index contributed by atoms with van der Waals surface area (Å²) in [5, 5.41) is 2.35. The van der Waals surface area contributed by atoms with Crippen molar-refractivity contribution >= 4 is 34.1 Å². The molecule has 0 fully saturated rings. The summed E-state index contributed by atoms with van der Waals surface area (Å²) >= 11 is 11.9. The zero-order valence-electron chi connectivity index (χ0n) is 7.72. The van der Waals surface area contributed by atoms with Crippen molar-refractivity contribution in [2.75, 3.05) is 0 Å². The van der Waals surface area contributed by atoms with Crippen LogP contribution in [0.25, 0.3) is 10.9 Å². The van der Waals surface area contributed by atoms with E-state index in [0.717, 1.165) is 27.9 Å². The smallest absolute Gasteiger partial charge is 0.132 e. The van der Waals surface area contributed by atoms with Gasteiger partial charge in [0.1, 0.15) is 5.15 Å². The van der Waals surface area contributed by atoms with Crippen molar-refractivity contribution in [2.24, 2.45) is 0 Å². The van der Waals surface area contributed by atoms with Crippen molar-refractivity contribution in [3.8, 4) is 0 Å². The van der Waals surface area contributed by atoms with Crippen LogP contribution in [-0.4, -0.2) is 4.98 Å². The molecule has 0 radical (unpaired) electrons. The van der Waals surface area contributed by atoms with Gasteiger partial charge in [-0.25, -0.2) is 4.98 Å². The molecule has 0 N–H and O–H groups in total. The Kier molecular flexibility index (Phi) is 2.62. The first kappa shape index (κ1) is 9.75. The predicted molar refractivity (Wildman–Crippen MR) is 61.1 cm³/mol.